The molecular weight excluding hydrogens is 438 g/mol. The average Bonchev–Trinajstić information content (AvgIpc) is 3.48. The third kappa shape index (κ3) is 4.11. The van der Waals surface area contributed by atoms with Crippen molar-refractivity contribution in [2.24, 2.45) is 0 Å². The van der Waals surface area contributed by atoms with Crippen LogP contribution in [-0.2, 0) is 13.1 Å². The Morgan fingerprint density at radius 3 is 2.76 bits per heavy atom. The lowest BCUT2D eigenvalue weighted by Gasteiger charge is -2.19. The molecule has 0 N–H and O–H groups in total. The van der Waals surface area contributed by atoms with Crippen molar-refractivity contribution < 1.29 is 14.0 Å². The summed E-state index contributed by atoms with van der Waals surface area (Å²) in [5.74, 6) is 2.55. The van der Waals surface area contributed by atoms with E-state index in [1.165, 1.54) is 14.2 Å². The van der Waals surface area contributed by atoms with Crippen LogP contribution in [0.4, 0.5) is 5.95 Å². The van der Waals surface area contributed by atoms with Crippen molar-refractivity contribution in [3.05, 3.63) is 41.7 Å². The summed E-state index contributed by atoms with van der Waals surface area (Å²) < 4.78 is 17.9. The third-order valence-electron chi connectivity index (χ3n) is 5.42. The highest BCUT2D eigenvalue weighted by Crippen LogP contribution is 2.28. The van der Waals surface area contributed by atoms with E-state index >= 15 is 0 Å². The topological polar surface area (TPSA) is 141 Å². The fourth-order valence-electron chi connectivity index (χ4n) is 3.79. The lowest BCUT2D eigenvalue weighted by Crippen LogP contribution is -2.25. The molecule has 0 atom stereocenters. The van der Waals surface area contributed by atoms with E-state index in [1.54, 1.807) is 24.3 Å². The molecule has 0 aliphatic carbocycles. The number of methoxy groups -OCH3 is 2. The van der Waals surface area contributed by atoms with Gasteiger partial charge in [-0.1, -0.05) is 11.2 Å². The fraction of sp³-hybridized carbons (Fsp3) is 0.318. The number of hydrogen-bond donors (Lipinski definition) is 0. The van der Waals surface area contributed by atoms with Gasteiger partial charge >= 0.3 is 6.01 Å². The Kier molecular flexibility index (Phi) is 5.73. The maximum absolute atomic E-state index is 9.13. The van der Waals surface area contributed by atoms with E-state index in [4.69, 9.17) is 19.3 Å². The van der Waals surface area contributed by atoms with Gasteiger partial charge in [0.25, 0.3) is 5.89 Å². The number of ether oxygens (including phenoxy) is 2. The lowest BCUT2D eigenvalue weighted by atomic mass is 10.1. The minimum Gasteiger partial charge on any atom is -0.481 e. The molecule has 0 spiro atoms. The van der Waals surface area contributed by atoms with Gasteiger partial charge in [0.15, 0.2) is 11.6 Å². The van der Waals surface area contributed by atoms with Crippen molar-refractivity contribution in [2.45, 2.75) is 25.9 Å². The summed E-state index contributed by atoms with van der Waals surface area (Å²) >= 11 is 0. The van der Waals surface area contributed by atoms with Crippen LogP contribution in [0.25, 0.3) is 23.0 Å². The standard InChI is InChI=1S/C22H21N9O3/c1-32-18-11-16(24-21(26-18)33-2)19-27-28-22-30(8-3-4-9-31(19)22)13-17-25-20(34-29-17)15-7-5-6-14(10-15)12-23/h5-7,10-11H,3-4,8-9,13H2,1-2H3. The SMILES string of the molecule is COc1cc(-c2nnc3n2CCCCN3Cc2noc(-c3cccc(C#N)c3)n2)nc(OC)n1. The Morgan fingerprint density at radius 1 is 1.06 bits per heavy atom. The van der Waals surface area contributed by atoms with Gasteiger partial charge in [0.1, 0.15) is 5.69 Å². The molecule has 0 bridgehead atoms. The lowest BCUT2D eigenvalue weighted by molar-refractivity contribution is 0.352. The number of benzene rings is 1. The van der Waals surface area contributed by atoms with Crippen molar-refractivity contribution in [1.29, 1.82) is 5.26 Å². The zero-order valence-corrected chi connectivity index (χ0v) is 18.7. The molecule has 1 aliphatic rings. The van der Waals surface area contributed by atoms with E-state index in [1.807, 2.05) is 10.6 Å². The van der Waals surface area contributed by atoms with Gasteiger partial charge in [-0.05, 0) is 31.0 Å². The minimum absolute atomic E-state index is 0.192. The molecule has 0 radical (unpaired) electrons. The van der Waals surface area contributed by atoms with Crippen LogP contribution >= 0.6 is 0 Å². The first-order chi connectivity index (χ1) is 16.7. The van der Waals surface area contributed by atoms with E-state index < -0.39 is 0 Å². The Bertz CT molecular complexity index is 1340. The van der Waals surface area contributed by atoms with Gasteiger partial charge in [-0.2, -0.15) is 20.2 Å². The molecule has 0 saturated heterocycles. The van der Waals surface area contributed by atoms with E-state index in [-0.39, 0.29) is 6.01 Å². The van der Waals surface area contributed by atoms with Gasteiger partial charge in [-0.25, -0.2) is 0 Å². The van der Waals surface area contributed by atoms with Crippen molar-refractivity contribution in [1.82, 2.24) is 34.9 Å². The third-order valence-corrected chi connectivity index (χ3v) is 5.42. The largest absolute Gasteiger partial charge is 0.481 e. The number of aromatic nitrogens is 7. The summed E-state index contributed by atoms with van der Waals surface area (Å²) in [6.07, 6.45) is 1.92. The van der Waals surface area contributed by atoms with Gasteiger partial charge in [0.05, 0.1) is 32.4 Å². The first-order valence-corrected chi connectivity index (χ1v) is 10.7. The number of hydrogen-bond acceptors (Lipinski definition) is 11. The molecule has 12 nitrogen and oxygen atoms in total. The summed E-state index contributed by atoms with van der Waals surface area (Å²) in [4.78, 5) is 15.2. The molecule has 0 saturated carbocycles. The predicted octanol–water partition coefficient (Wildman–Crippen LogP) is 2.47. The summed E-state index contributed by atoms with van der Waals surface area (Å²) in [6.45, 7) is 1.90. The summed E-state index contributed by atoms with van der Waals surface area (Å²) in [6, 6.07) is 11.1. The first kappa shape index (κ1) is 21.3. The van der Waals surface area contributed by atoms with E-state index in [0.29, 0.717) is 52.7 Å². The molecule has 1 aromatic carbocycles. The van der Waals surface area contributed by atoms with E-state index in [2.05, 4.69) is 41.3 Å². The molecule has 0 fully saturated rings. The van der Waals surface area contributed by atoms with Gasteiger partial charge < -0.3 is 18.9 Å². The van der Waals surface area contributed by atoms with Gasteiger partial charge in [-0.3, -0.25) is 4.57 Å². The van der Waals surface area contributed by atoms with Crippen LogP contribution < -0.4 is 14.4 Å². The Hall–Kier alpha value is -4.53. The van der Waals surface area contributed by atoms with Gasteiger partial charge in [-0.15, -0.1) is 10.2 Å². The molecule has 5 rings (SSSR count). The Balaban J connectivity index is 1.44. The normalized spacial score (nSPS) is 13.1. The monoisotopic (exact) mass is 459 g/mol. The number of anilines is 1. The van der Waals surface area contributed by atoms with E-state index in [9.17, 15) is 0 Å². The second-order valence-electron chi connectivity index (χ2n) is 7.59. The van der Waals surface area contributed by atoms with Crippen molar-refractivity contribution in [3.63, 3.8) is 0 Å². The number of fused-ring (bicyclic) bond motifs is 1. The van der Waals surface area contributed by atoms with Crippen molar-refractivity contribution >= 4 is 5.95 Å². The number of nitriles is 1. The Morgan fingerprint density at radius 2 is 1.94 bits per heavy atom. The highest BCUT2D eigenvalue weighted by molar-refractivity contribution is 5.57. The predicted molar refractivity (Wildman–Crippen MR) is 119 cm³/mol. The number of rotatable bonds is 6. The van der Waals surface area contributed by atoms with Crippen LogP contribution in [0.3, 0.4) is 0 Å². The van der Waals surface area contributed by atoms with Crippen LogP contribution in [-0.4, -0.2) is 55.6 Å². The smallest absolute Gasteiger partial charge is 0.320 e. The highest BCUT2D eigenvalue weighted by atomic mass is 16.5. The van der Waals surface area contributed by atoms with Crippen LogP contribution in [0.1, 0.15) is 24.2 Å². The number of nitrogens with zero attached hydrogens (tertiary/aromatic N) is 9. The van der Waals surface area contributed by atoms with Gasteiger partial charge in [0.2, 0.25) is 11.8 Å². The molecule has 0 amide bonds. The summed E-state index contributed by atoms with van der Waals surface area (Å²) in [7, 11) is 3.04. The highest BCUT2D eigenvalue weighted by Gasteiger charge is 2.25. The molecular formula is C22H21N9O3. The Labute approximate surface area is 194 Å². The van der Waals surface area contributed by atoms with Crippen LogP contribution in [0.5, 0.6) is 11.9 Å². The molecule has 0 unspecified atom stereocenters. The molecule has 12 heteroatoms. The summed E-state index contributed by atoms with van der Waals surface area (Å²) in [5, 5.41) is 22.1. The summed E-state index contributed by atoms with van der Waals surface area (Å²) in [5.41, 5.74) is 1.79. The second kappa shape index (κ2) is 9.14. The fourth-order valence-corrected chi connectivity index (χ4v) is 3.79. The van der Waals surface area contributed by atoms with Gasteiger partial charge in [0, 0.05) is 24.7 Å². The van der Waals surface area contributed by atoms with Crippen LogP contribution in [0, 0.1) is 11.3 Å². The van der Waals surface area contributed by atoms with Crippen LogP contribution in [0.15, 0.2) is 34.9 Å². The van der Waals surface area contributed by atoms with Crippen molar-refractivity contribution in [2.75, 3.05) is 25.7 Å². The molecule has 172 valence electrons. The zero-order valence-electron chi connectivity index (χ0n) is 18.7. The zero-order chi connectivity index (χ0) is 23.5. The van der Waals surface area contributed by atoms with E-state index in [0.717, 1.165) is 25.9 Å². The maximum atomic E-state index is 9.13. The molecule has 4 heterocycles. The molecule has 4 aromatic rings. The average molecular weight is 459 g/mol. The molecule has 1 aliphatic heterocycles. The molecule has 34 heavy (non-hydrogen) atoms. The van der Waals surface area contributed by atoms with Crippen molar-refractivity contribution in [3.8, 4) is 40.9 Å². The second-order valence-corrected chi connectivity index (χ2v) is 7.59. The van der Waals surface area contributed by atoms with Crippen LogP contribution in [0.2, 0.25) is 0 Å². The molecule has 3 aromatic heterocycles. The first-order valence-electron chi connectivity index (χ1n) is 10.7. The quantitative estimate of drug-likeness (QED) is 0.420. The minimum atomic E-state index is 0.192. The maximum Gasteiger partial charge on any atom is 0.320 e.